The summed E-state index contributed by atoms with van der Waals surface area (Å²) in [5.74, 6) is -2.91. The Hall–Kier alpha value is -3.17. The van der Waals surface area contributed by atoms with Gasteiger partial charge in [-0.3, -0.25) is 14.4 Å². The third-order valence-electron chi connectivity index (χ3n) is 8.90. The summed E-state index contributed by atoms with van der Waals surface area (Å²) in [6.07, 6.45) is 9.77. The van der Waals surface area contributed by atoms with Gasteiger partial charge < -0.3 is 29.3 Å². The SMILES string of the molecule is CC[C@@H](CO)N1C(=O)[C@@H]2[C@@H]3C(=O)OCCCC/C=C\[C@@H]3O[C@@]23C=CCN(c2ccc(N(CC)CC)cc2)C(=O)C13. The first-order chi connectivity index (χ1) is 19.4. The number of benzene rings is 1. The van der Waals surface area contributed by atoms with Crippen LogP contribution >= 0.6 is 0 Å². The average Bonchev–Trinajstić information content (AvgIpc) is 3.35. The summed E-state index contributed by atoms with van der Waals surface area (Å²) in [7, 11) is 0. The van der Waals surface area contributed by atoms with E-state index < -0.39 is 41.6 Å². The number of fused-ring (bicyclic) bond motifs is 2. The zero-order valence-corrected chi connectivity index (χ0v) is 23.7. The van der Waals surface area contributed by atoms with E-state index in [0.717, 1.165) is 38.0 Å². The third kappa shape index (κ3) is 4.63. The van der Waals surface area contributed by atoms with Gasteiger partial charge in [-0.25, -0.2) is 0 Å². The standard InChI is InChI=1S/C31H41N3O6/c1-4-21(20-35)34-27-29(37)33(23-15-13-22(14-16-23)32(5-2)6-3)18-11-17-31(27)26(28(34)36)25-24(40-31)12-9-7-8-10-19-39-30(25)38/h9,11-17,21,24-27,35H,4-8,10,18-20H2,1-3H3/b12-9-/t21-,24-,25+,26-,27?,31-/m0/s1. The first-order valence-corrected chi connectivity index (χ1v) is 14.7. The number of esters is 1. The Labute approximate surface area is 236 Å². The summed E-state index contributed by atoms with van der Waals surface area (Å²) >= 11 is 0. The largest absolute Gasteiger partial charge is 0.465 e. The molecule has 216 valence electrons. The lowest BCUT2D eigenvalue weighted by Gasteiger charge is -2.38. The van der Waals surface area contributed by atoms with Gasteiger partial charge in [0.1, 0.15) is 17.6 Å². The van der Waals surface area contributed by atoms with Crippen LogP contribution in [-0.2, 0) is 23.9 Å². The van der Waals surface area contributed by atoms with E-state index >= 15 is 0 Å². The van der Waals surface area contributed by atoms with Crippen molar-refractivity contribution in [3.8, 4) is 0 Å². The summed E-state index contributed by atoms with van der Waals surface area (Å²) in [6.45, 7) is 8.12. The molecule has 4 aliphatic heterocycles. The number of aliphatic hydroxyl groups is 1. The van der Waals surface area contributed by atoms with Gasteiger partial charge in [-0.2, -0.15) is 0 Å². The number of anilines is 2. The van der Waals surface area contributed by atoms with Crippen molar-refractivity contribution < 1.29 is 29.0 Å². The Morgan fingerprint density at radius 3 is 2.48 bits per heavy atom. The van der Waals surface area contributed by atoms with Crippen molar-refractivity contribution in [1.82, 2.24) is 4.90 Å². The van der Waals surface area contributed by atoms with Crippen molar-refractivity contribution in [3.05, 3.63) is 48.6 Å². The number of cyclic esters (lactones) is 1. The molecule has 0 bridgehead atoms. The van der Waals surface area contributed by atoms with Crippen LogP contribution in [0.5, 0.6) is 0 Å². The summed E-state index contributed by atoms with van der Waals surface area (Å²) < 4.78 is 12.3. The molecule has 5 rings (SSSR count). The Balaban J connectivity index is 1.57. The molecule has 2 saturated heterocycles. The van der Waals surface area contributed by atoms with E-state index in [1.54, 1.807) is 4.90 Å². The molecule has 2 fully saturated rings. The molecule has 4 heterocycles. The van der Waals surface area contributed by atoms with Gasteiger partial charge in [0.2, 0.25) is 5.91 Å². The summed E-state index contributed by atoms with van der Waals surface area (Å²) in [5, 5.41) is 10.3. The second-order valence-corrected chi connectivity index (χ2v) is 11.0. The number of hydrogen-bond donors (Lipinski definition) is 1. The van der Waals surface area contributed by atoms with Gasteiger partial charge in [-0.1, -0.05) is 31.2 Å². The fourth-order valence-corrected chi connectivity index (χ4v) is 6.83. The lowest BCUT2D eigenvalue weighted by Crippen LogP contribution is -2.58. The Bertz CT molecular complexity index is 1160. The second kappa shape index (κ2) is 11.7. The van der Waals surface area contributed by atoms with Crippen molar-refractivity contribution >= 4 is 29.2 Å². The maximum absolute atomic E-state index is 14.5. The van der Waals surface area contributed by atoms with E-state index in [0.29, 0.717) is 18.7 Å². The molecule has 1 aromatic rings. The minimum atomic E-state index is -1.35. The van der Waals surface area contributed by atoms with Crippen molar-refractivity contribution in [3.63, 3.8) is 0 Å². The van der Waals surface area contributed by atoms with Gasteiger partial charge in [-0.15, -0.1) is 0 Å². The zero-order valence-electron chi connectivity index (χ0n) is 23.7. The fourth-order valence-electron chi connectivity index (χ4n) is 6.83. The summed E-state index contributed by atoms with van der Waals surface area (Å²) in [5.41, 5.74) is 0.436. The fraction of sp³-hybridized carbons (Fsp3) is 0.581. The Morgan fingerprint density at radius 2 is 1.80 bits per heavy atom. The van der Waals surface area contributed by atoms with Crippen molar-refractivity contribution in [2.24, 2.45) is 11.8 Å². The molecule has 4 aliphatic rings. The first kappa shape index (κ1) is 28.4. The van der Waals surface area contributed by atoms with E-state index in [9.17, 15) is 19.5 Å². The monoisotopic (exact) mass is 551 g/mol. The number of aliphatic hydroxyl groups excluding tert-OH is 1. The predicted octanol–water partition coefficient (Wildman–Crippen LogP) is 3.07. The van der Waals surface area contributed by atoms with Gasteiger partial charge in [-0.05, 0) is 63.8 Å². The Morgan fingerprint density at radius 1 is 1.05 bits per heavy atom. The van der Waals surface area contributed by atoms with Crippen molar-refractivity contribution in [2.45, 2.75) is 70.2 Å². The van der Waals surface area contributed by atoms with Crippen LogP contribution in [0.4, 0.5) is 11.4 Å². The minimum absolute atomic E-state index is 0.288. The predicted molar refractivity (Wildman–Crippen MR) is 152 cm³/mol. The molecule has 40 heavy (non-hydrogen) atoms. The van der Waals surface area contributed by atoms with Crippen molar-refractivity contribution in [2.75, 3.05) is 42.6 Å². The van der Waals surface area contributed by atoms with Gasteiger partial charge >= 0.3 is 5.97 Å². The van der Waals surface area contributed by atoms with Crippen LogP contribution < -0.4 is 9.80 Å². The van der Waals surface area contributed by atoms with Gasteiger partial charge in [0.05, 0.1) is 31.3 Å². The number of likely N-dealkylation sites (tertiary alicyclic amines) is 1. The molecule has 9 heteroatoms. The molecular weight excluding hydrogens is 510 g/mol. The number of amides is 2. The van der Waals surface area contributed by atoms with Crippen LogP contribution in [0.2, 0.25) is 0 Å². The highest BCUT2D eigenvalue weighted by atomic mass is 16.6. The molecular formula is C31H41N3O6. The molecule has 1 unspecified atom stereocenters. The molecule has 1 aromatic carbocycles. The van der Waals surface area contributed by atoms with Gasteiger partial charge in [0, 0.05) is 31.0 Å². The molecule has 0 saturated carbocycles. The van der Waals surface area contributed by atoms with Crippen LogP contribution in [0.1, 0.15) is 46.5 Å². The number of rotatable bonds is 7. The minimum Gasteiger partial charge on any atom is -0.465 e. The van der Waals surface area contributed by atoms with Crippen LogP contribution in [0.25, 0.3) is 0 Å². The summed E-state index contributed by atoms with van der Waals surface area (Å²) in [4.78, 5) is 47.5. The lowest BCUT2D eigenvalue weighted by molar-refractivity contribution is -0.155. The normalized spacial score (nSPS) is 31.6. The number of carbonyl (C=O) groups excluding carboxylic acids is 3. The third-order valence-corrected chi connectivity index (χ3v) is 8.90. The van der Waals surface area contributed by atoms with E-state index in [2.05, 4.69) is 18.7 Å². The maximum Gasteiger partial charge on any atom is 0.312 e. The second-order valence-electron chi connectivity index (χ2n) is 11.0. The number of hydrogen-bond acceptors (Lipinski definition) is 7. The van der Waals surface area contributed by atoms with Crippen molar-refractivity contribution in [1.29, 1.82) is 0 Å². The molecule has 0 radical (unpaired) electrons. The first-order valence-electron chi connectivity index (χ1n) is 14.7. The number of allylic oxidation sites excluding steroid dienone is 1. The summed E-state index contributed by atoms with van der Waals surface area (Å²) in [6, 6.07) is 6.25. The topological polar surface area (TPSA) is 99.6 Å². The van der Waals surface area contributed by atoms with Crippen LogP contribution in [-0.4, -0.2) is 84.4 Å². The molecule has 6 atom stereocenters. The highest BCUT2D eigenvalue weighted by Gasteiger charge is 2.72. The van der Waals surface area contributed by atoms with Crippen LogP contribution in [0.3, 0.4) is 0 Å². The van der Waals surface area contributed by atoms with Crippen LogP contribution in [0.15, 0.2) is 48.6 Å². The van der Waals surface area contributed by atoms with Crippen LogP contribution in [0, 0.1) is 11.8 Å². The molecule has 2 amide bonds. The number of nitrogens with zero attached hydrogens (tertiary/aromatic N) is 3. The zero-order chi connectivity index (χ0) is 28.4. The number of ether oxygens (including phenoxy) is 2. The highest BCUT2D eigenvalue weighted by molar-refractivity contribution is 6.05. The van der Waals surface area contributed by atoms with E-state index in [1.807, 2.05) is 55.5 Å². The van der Waals surface area contributed by atoms with Gasteiger partial charge in [0.15, 0.2) is 0 Å². The highest BCUT2D eigenvalue weighted by Crippen LogP contribution is 2.54. The quantitative estimate of drug-likeness (QED) is 0.411. The smallest absolute Gasteiger partial charge is 0.312 e. The number of carbonyl (C=O) groups is 3. The van der Waals surface area contributed by atoms with Gasteiger partial charge in [0.25, 0.3) is 5.91 Å². The molecule has 1 spiro atoms. The lowest BCUT2D eigenvalue weighted by atomic mass is 9.78. The Kier molecular flexibility index (Phi) is 8.33. The molecule has 1 N–H and O–H groups in total. The molecule has 9 nitrogen and oxygen atoms in total. The molecule has 0 aliphatic carbocycles. The average molecular weight is 552 g/mol. The van der Waals surface area contributed by atoms with E-state index in [-0.39, 0.29) is 25.0 Å². The molecule has 0 aromatic heterocycles. The van der Waals surface area contributed by atoms with E-state index in [4.69, 9.17) is 9.47 Å². The van der Waals surface area contributed by atoms with E-state index in [1.165, 1.54) is 4.90 Å². The maximum atomic E-state index is 14.5.